The molecular formula is C13H21F2N5O3S. The number of primary sulfonamides is 1. The predicted octanol–water partition coefficient (Wildman–Crippen LogP) is -0.152. The number of carbonyl (C=O) groups is 1. The molecule has 0 radical (unpaired) electrons. The first-order valence-corrected chi connectivity index (χ1v) is 8.82. The van der Waals surface area contributed by atoms with Gasteiger partial charge >= 0.3 is 0 Å². The van der Waals surface area contributed by atoms with Crippen molar-refractivity contribution in [1.29, 1.82) is 0 Å². The number of amides is 1. The summed E-state index contributed by atoms with van der Waals surface area (Å²) in [6, 6.07) is 0. The van der Waals surface area contributed by atoms with E-state index in [0.717, 1.165) is 6.20 Å². The molecule has 0 spiro atoms. The van der Waals surface area contributed by atoms with E-state index in [4.69, 9.17) is 5.14 Å². The van der Waals surface area contributed by atoms with Crippen LogP contribution in [0.15, 0.2) is 11.1 Å². The summed E-state index contributed by atoms with van der Waals surface area (Å²) in [4.78, 5) is 15.0. The Morgan fingerprint density at radius 3 is 2.58 bits per heavy atom. The third-order valence-corrected chi connectivity index (χ3v) is 5.45. The van der Waals surface area contributed by atoms with Crippen LogP contribution in [0.3, 0.4) is 0 Å². The molecule has 11 heteroatoms. The van der Waals surface area contributed by atoms with E-state index in [1.165, 1.54) is 35.5 Å². The topological polar surface area (TPSA) is 102 Å². The van der Waals surface area contributed by atoms with Gasteiger partial charge in [0.1, 0.15) is 4.90 Å². The number of aromatic nitrogens is 2. The van der Waals surface area contributed by atoms with E-state index in [1.807, 2.05) is 0 Å². The predicted molar refractivity (Wildman–Crippen MR) is 81.7 cm³/mol. The number of halogens is 2. The van der Waals surface area contributed by atoms with Crippen LogP contribution in [0.5, 0.6) is 0 Å². The van der Waals surface area contributed by atoms with Crippen LogP contribution < -0.4 is 5.14 Å². The molecule has 136 valence electrons. The quantitative estimate of drug-likeness (QED) is 0.782. The maximum Gasteiger partial charge on any atom is 0.256 e. The normalized spacial score (nSPS) is 17.9. The van der Waals surface area contributed by atoms with E-state index in [2.05, 4.69) is 5.10 Å². The fourth-order valence-corrected chi connectivity index (χ4v) is 3.21. The van der Waals surface area contributed by atoms with Crippen LogP contribution in [0.2, 0.25) is 0 Å². The summed E-state index contributed by atoms with van der Waals surface area (Å²) >= 11 is 0. The summed E-state index contributed by atoms with van der Waals surface area (Å²) in [7, 11) is -0.982. The van der Waals surface area contributed by atoms with E-state index in [9.17, 15) is 22.0 Å². The first kappa shape index (κ1) is 18.7. The van der Waals surface area contributed by atoms with E-state index in [0.29, 0.717) is 5.69 Å². The Morgan fingerprint density at radius 2 is 2.08 bits per heavy atom. The highest BCUT2D eigenvalue weighted by Gasteiger charge is 2.41. The van der Waals surface area contributed by atoms with E-state index >= 15 is 0 Å². The largest absolute Gasteiger partial charge is 0.335 e. The number of hydrogen-bond donors (Lipinski definition) is 1. The van der Waals surface area contributed by atoms with Crippen molar-refractivity contribution in [3.05, 3.63) is 11.9 Å². The molecule has 0 aromatic carbocycles. The standard InChI is InChI=1S/C13H21F2N5O3S/c1-13(12(14)15,18(2)3)6-11(21)19-4-5-20-9(8-19)10(7-17-20)24(16,22)23/h7,12H,4-6,8H2,1-3H3,(H2,16,22,23). The molecule has 1 aliphatic rings. The highest BCUT2D eigenvalue weighted by molar-refractivity contribution is 7.89. The number of nitrogens with zero attached hydrogens (tertiary/aromatic N) is 4. The SMILES string of the molecule is CN(C)C(C)(CC(=O)N1CCn2ncc(S(N)(=O)=O)c2C1)C(F)F. The molecule has 1 aromatic heterocycles. The number of rotatable bonds is 5. The smallest absolute Gasteiger partial charge is 0.256 e. The van der Waals surface area contributed by atoms with Crippen molar-refractivity contribution in [3.63, 3.8) is 0 Å². The van der Waals surface area contributed by atoms with Crippen molar-refractivity contribution in [2.75, 3.05) is 20.6 Å². The molecule has 2 N–H and O–H groups in total. The van der Waals surface area contributed by atoms with Crippen molar-refractivity contribution in [2.45, 2.75) is 43.3 Å². The second kappa shape index (κ2) is 6.37. The third kappa shape index (κ3) is 3.42. The van der Waals surface area contributed by atoms with Crippen LogP contribution in [-0.4, -0.2) is 66.5 Å². The van der Waals surface area contributed by atoms with Gasteiger partial charge in [0.2, 0.25) is 15.9 Å². The molecule has 0 fully saturated rings. The van der Waals surface area contributed by atoms with Crippen LogP contribution in [0.25, 0.3) is 0 Å². The molecular weight excluding hydrogens is 344 g/mol. The first-order valence-electron chi connectivity index (χ1n) is 7.27. The number of sulfonamides is 1. The maximum atomic E-state index is 13.3. The Kier molecular flexibility index (Phi) is 4.98. The zero-order valence-corrected chi connectivity index (χ0v) is 14.6. The maximum absolute atomic E-state index is 13.3. The molecule has 1 aliphatic heterocycles. The zero-order chi connectivity index (χ0) is 18.3. The number of alkyl halides is 2. The number of carbonyl (C=O) groups excluding carboxylic acids is 1. The van der Waals surface area contributed by atoms with Crippen LogP contribution in [0, 0.1) is 0 Å². The number of fused-ring (bicyclic) bond motifs is 1. The van der Waals surface area contributed by atoms with Gasteiger partial charge in [-0.25, -0.2) is 22.3 Å². The highest BCUT2D eigenvalue weighted by Crippen LogP contribution is 2.27. The van der Waals surface area contributed by atoms with Crippen molar-refractivity contribution in [1.82, 2.24) is 19.6 Å². The molecule has 2 heterocycles. The average molecular weight is 365 g/mol. The summed E-state index contributed by atoms with van der Waals surface area (Å²) in [6.07, 6.45) is -1.94. The molecule has 0 saturated heterocycles. The average Bonchev–Trinajstić information content (AvgIpc) is 2.89. The summed E-state index contributed by atoms with van der Waals surface area (Å²) in [5, 5.41) is 9.08. The third-order valence-electron chi connectivity index (χ3n) is 4.49. The number of nitrogens with two attached hydrogens (primary N) is 1. The lowest BCUT2D eigenvalue weighted by atomic mass is 9.96. The summed E-state index contributed by atoms with van der Waals surface area (Å²) in [5.74, 6) is -0.473. The van der Waals surface area contributed by atoms with E-state index < -0.39 is 27.9 Å². The number of hydrogen-bond acceptors (Lipinski definition) is 5. The Bertz CT molecular complexity index is 724. The van der Waals surface area contributed by atoms with Gasteiger partial charge in [-0.3, -0.25) is 14.4 Å². The van der Waals surface area contributed by atoms with Crippen molar-refractivity contribution in [2.24, 2.45) is 5.14 Å². The van der Waals surface area contributed by atoms with Gasteiger partial charge in [-0.05, 0) is 21.0 Å². The zero-order valence-electron chi connectivity index (χ0n) is 13.7. The van der Waals surface area contributed by atoms with Gasteiger partial charge in [-0.15, -0.1) is 0 Å². The molecule has 1 unspecified atom stereocenters. The molecule has 0 saturated carbocycles. The lowest BCUT2D eigenvalue weighted by Crippen LogP contribution is -2.52. The fourth-order valence-electron chi connectivity index (χ4n) is 2.52. The minimum Gasteiger partial charge on any atom is -0.335 e. The second-order valence-electron chi connectivity index (χ2n) is 6.27. The van der Waals surface area contributed by atoms with Crippen molar-refractivity contribution in [3.8, 4) is 0 Å². The molecule has 1 amide bonds. The summed E-state index contributed by atoms with van der Waals surface area (Å²) in [5.41, 5.74) is -1.31. The minimum atomic E-state index is -3.96. The highest BCUT2D eigenvalue weighted by atomic mass is 32.2. The minimum absolute atomic E-state index is 0.0304. The Balaban J connectivity index is 2.21. The van der Waals surface area contributed by atoms with Crippen LogP contribution >= 0.6 is 0 Å². The van der Waals surface area contributed by atoms with Crippen LogP contribution in [0.1, 0.15) is 19.0 Å². The van der Waals surface area contributed by atoms with Crippen molar-refractivity contribution >= 4 is 15.9 Å². The van der Waals surface area contributed by atoms with Gasteiger partial charge < -0.3 is 4.90 Å². The molecule has 1 aromatic rings. The van der Waals surface area contributed by atoms with E-state index in [1.54, 1.807) is 0 Å². The van der Waals surface area contributed by atoms with Gasteiger partial charge in [0, 0.05) is 6.54 Å². The fraction of sp³-hybridized carbons (Fsp3) is 0.692. The first-order chi connectivity index (χ1) is 11.0. The van der Waals surface area contributed by atoms with Gasteiger partial charge in [-0.1, -0.05) is 0 Å². The second-order valence-corrected chi connectivity index (χ2v) is 7.80. The summed E-state index contributed by atoms with van der Waals surface area (Å²) < 4.78 is 51.3. The molecule has 2 rings (SSSR count). The lowest BCUT2D eigenvalue weighted by Gasteiger charge is -2.37. The van der Waals surface area contributed by atoms with Gasteiger partial charge in [0.15, 0.2) is 0 Å². The molecule has 0 aliphatic carbocycles. The van der Waals surface area contributed by atoms with E-state index in [-0.39, 0.29) is 31.0 Å². The lowest BCUT2D eigenvalue weighted by molar-refractivity contribution is -0.139. The van der Waals surface area contributed by atoms with Gasteiger partial charge in [0.25, 0.3) is 6.43 Å². The Labute approximate surface area is 139 Å². The van der Waals surface area contributed by atoms with Crippen LogP contribution in [-0.2, 0) is 27.9 Å². The monoisotopic (exact) mass is 365 g/mol. The molecule has 1 atom stereocenters. The molecule has 0 bridgehead atoms. The molecule has 24 heavy (non-hydrogen) atoms. The van der Waals surface area contributed by atoms with Crippen molar-refractivity contribution < 1.29 is 22.0 Å². The van der Waals surface area contributed by atoms with Gasteiger partial charge in [-0.2, -0.15) is 5.10 Å². The van der Waals surface area contributed by atoms with Crippen LogP contribution in [0.4, 0.5) is 8.78 Å². The molecule has 8 nitrogen and oxygen atoms in total. The Morgan fingerprint density at radius 1 is 1.46 bits per heavy atom. The Hall–Kier alpha value is -1.59. The summed E-state index contributed by atoms with van der Waals surface area (Å²) in [6.45, 7) is 1.84. The van der Waals surface area contributed by atoms with Gasteiger partial charge in [0.05, 0.1) is 36.9 Å².